The van der Waals surface area contributed by atoms with Crippen LogP contribution in [0.3, 0.4) is 0 Å². The van der Waals surface area contributed by atoms with Gasteiger partial charge in [0.1, 0.15) is 30.3 Å². The van der Waals surface area contributed by atoms with Crippen molar-refractivity contribution in [3.05, 3.63) is 60.9 Å². The number of nitrogens with zero attached hydrogens (tertiary/aromatic N) is 4. The highest BCUT2D eigenvalue weighted by Crippen LogP contribution is 2.42. The monoisotopic (exact) mass is 513 g/mol. The molecule has 0 saturated carbocycles. The van der Waals surface area contributed by atoms with Crippen LogP contribution in [0.5, 0.6) is 5.75 Å². The predicted molar refractivity (Wildman–Crippen MR) is 150 cm³/mol. The zero-order valence-corrected chi connectivity index (χ0v) is 21.8. The number of rotatable bonds is 10. The molecule has 2 aromatic heterocycles. The second kappa shape index (κ2) is 11.9. The summed E-state index contributed by atoms with van der Waals surface area (Å²) in [7, 11) is 0. The zero-order valence-electron chi connectivity index (χ0n) is 21.8. The van der Waals surface area contributed by atoms with Gasteiger partial charge in [-0.15, -0.1) is 0 Å². The van der Waals surface area contributed by atoms with E-state index in [9.17, 15) is 0 Å². The molecule has 4 aromatic rings. The van der Waals surface area contributed by atoms with Gasteiger partial charge in [0.15, 0.2) is 0 Å². The maximum Gasteiger partial charge on any atom is 0.232 e. The summed E-state index contributed by atoms with van der Waals surface area (Å²) in [5.74, 6) is 2.45. The highest BCUT2D eigenvalue weighted by molar-refractivity contribution is 6.05. The molecule has 198 valence electrons. The van der Waals surface area contributed by atoms with Crippen LogP contribution in [-0.2, 0) is 4.74 Å². The summed E-state index contributed by atoms with van der Waals surface area (Å²) in [6.45, 7) is 9.27. The minimum absolute atomic E-state index is 0.577. The van der Waals surface area contributed by atoms with Crippen molar-refractivity contribution >= 4 is 16.9 Å². The SMILES string of the molecule is c1ccc(-c2c(-c3ccc(OCCN4CCCC4)cc3)oc3ncnc(NCCN4CCOCC4)c23)cc1. The topological polar surface area (TPSA) is 75.9 Å². The van der Waals surface area contributed by atoms with Crippen LogP contribution in [0.4, 0.5) is 5.82 Å². The predicted octanol–water partition coefficient (Wildman–Crippen LogP) is 4.78. The maximum atomic E-state index is 6.40. The van der Waals surface area contributed by atoms with E-state index in [1.165, 1.54) is 25.9 Å². The van der Waals surface area contributed by atoms with Gasteiger partial charge in [-0.05, 0) is 55.8 Å². The average molecular weight is 514 g/mol. The third kappa shape index (κ3) is 5.67. The van der Waals surface area contributed by atoms with Crippen molar-refractivity contribution in [2.75, 3.05) is 71.0 Å². The Labute approximate surface area is 223 Å². The van der Waals surface area contributed by atoms with Gasteiger partial charge in [-0.1, -0.05) is 30.3 Å². The molecule has 38 heavy (non-hydrogen) atoms. The van der Waals surface area contributed by atoms with E-state index in [4.69, 9.17) is 13.9 Å². The first-order valence-electron chi connectivity index (χ1n) is 13.7. The second-order valence-corrected chi connectivity index (χ2v) is 9.88. The molecule has 0 radical (unpaired) electrons. The molecule has 0 aliphatic carbocycles. The number of morpholine rings is 1. The molecule has 8 heteroatoms. The van der Waals surface area contributed by atoms with Crippen LogP contribution in [0.2, 0.25) is 0 Å². The molecular weight excluding hydrogens is 478 g/mol. The number of likely N-dealkylation sites (tertiary alicyclic amines) is 1. The number of ether oxygens (including phenoxy) is 2. The third-order valence-corrected chi connectivity index (χ3v) is 7.37. The molecule has 2 saturated heterocycles. The summed E-state index contributed by atoms with van der Waals surface area (Å²) in [6, 6.07) is 18.5. The minimum Gasteiger partial charge on any atom is -0.492 e. The lowest BCUT2D eigenvalue weighted by atomic mass is 9.99. The lowest BCUT2D eigenvalue weighted by Crippen LogP contribution is -2.39. The standard InChI is InChI=1S/C30H35N5O3/c1-2-6-23(7-3-1)26-27-29(31-12-15-35-16-19-36-20-17-35)32-22-33-30(27)38-28(26)24-8-10-25(11-9-24)37-21-18-34-13-4-5-14-34/h1-3,6-11,22H,4-5,12-21H2,(H,31,32,33). The number of hydrogen-bond donors (Lipinski definition) is 1. The fraction of sp³-hybridized carbons (Fsp3) is 0.400. The summed E-state index contributed by atoms with van der Waals surface area (Å²) < 4.78 is 17.9. The molecule has 2 aromatic carbocycles. The molecule has 2 aliphatic heterocycles. The molecule has 0 atom stereocenters. The van der Waals surface area contributed by atoms with Gasteiger partial charge in [-0.2, -0.15) is 0 Å². The Bertz CT molecular complexity index is 1310. The largest absolute Gasteiger partial charge is 0.492 e. The van der Waals surface area contributed by atoms with Gasteiger partial charge in [0, 0.05) is 43.9 Å². The Morgan fingerprint density at radius 1 is 0.816 bits per heavy atom. The quantitative estimate of drug-likeness (QED) is 0.325. The van der Waals surface area contributed by atoms with Gasteiger partial charge in [0.2, 0.25) is 5.71 Å². The van der Waals surface area contributed by atoms with Gasteiger partial charge < -0.3 is 19.2 Å². The van der Waals surface area contributed by atoms with Crippen molar-refractivity contribution in [3.63, 3.8) is 0 Å². The Kier molecular flexibility index (Phi) is 7.81. The molecule has 4 heterocycles. The Hall–Kier alpha value is -3.46. The normalized spacial score (nSPS) is 16.7. The van der Waals surface area contributed by atoms with E-state index in [-0.39, 0.29) is 0 Å². The number of nitrogens with one attached hydrogen (secondary N) is 1. The summed E-state index contributed by atoms with van der Waals surface area (Å²) in [5, 5.41) is 4.45. The summed E-state index contributed by atoms with van der Waals surface area (Å²) in [5.41, 5.74) is 3.62. The van der Waals surface area contributed by atoms with Crippen LogP contribution < -0.4 is 10.1 Å². The molecule has 1 N–H and O–H groups in total. The van der Waals surface area contributed by atoms with Crippen molar-refractivity contribution in [1.29, 1.82) is 0 Å². The molecule has 2 fully saturated rings. The van der Waals surface area contributed by atoms with E-state index in [1.54, 1.807) is 6.33 Å². The summed E-state index contributed by atoms with van der Waals surface area (Å²) in [6.07, 6.45) is 4.16. The molecule has 2 aliphatic rings. The first-order chi connectivity index (χ1) is 18.8. The highest BCUT2D eigenvalue weighted by atomic mass is 16.5. The van der Waals surface area contributed by atoms with Crippen molar-refractivity contribution in [2.45, 2.75) is 12.8 Å². The van der Waals surface area contributed by atoms with Gasteiger partial charge in [-0.25, -0.2) is 9.97 Å². The number of hydrogen-bond acceptors (Lipinski definition) is 8. The number of anilines is 1. The third-order valence-electron chi connectivity index (χ3n) is 7.37. The van der Waals surface area contributed by atoms with E-state index in [1.807, 2.05) is 30.3 Å². The average Bonchev–Trinajstić information content (AvgIpc) is 3.63. The molecule has 8 nitrogen and oxygen atoms in total. The maximum absolute atomic E-state index is 6.40. The van der Waals surface area contributed by atoms with Gasteiger partial charge in [0.25, 0.3) is 0 Å². The van der Waals surface area contributed by atoms with Crippen molar-refractivity contribution < 1.29 is 13.9 Å². The first kappa shape index (κ1) is 24.9. The van der Waals surface area contributed by atoms with Crippen LogP contribution in [0.1, 0.15) is 12.8 Å². The van der Waals surface area contributed by atoms with Crippen LogP contribution >= 0.6 is 0 Å². The van der Waals surface area contributed by atoms with Crippen LogP contribution in [-0.4, -0.2) is 85.4 Å². The molecule has 0 unspecified atom stereocenters. The lowest BCUT2D eigenvalue weighted by molar-refractivity contribution is 0.0398. The number of fused-ring (bicyclic) bond motifs is 1. The van der Waals surface area contributed by atoms with Crippen molar-refractivity contribution in [1.82, 2.24) is 19.8 Å². The zero-order chi connectivity index (χ0) is 25.6. The van der Waals surface area contributed by atoms with E-state index in [2.05, 4.69) is 49.4 Å². The summed E-state index contributed by atoms with van der Waals surface area (Å²) in [4.78, 5) is 14.0. The Morgan fingerprint density at radius 2 is 1.58 bits per heavy atom. The molecule has 0 bridgehead atoms. The van der Waals surface area contributed by atoms with Gasteiger partial charge in [0.05, 0.1) is 18.6 Å². The van der Waals surface area contributed by atoms with Crippen molar-refractivity contribution in [3.8, 4) is 28.2 Å². The van der Waals surface area contributed by atoms with E-state index >= 15 is 0 Å². The molecule has 0 amide bonds. The van der Waals surface area contributed by atoms with Crippen LogP contribution in [0.25, 0.3) is 33.6 Å². The highest BCUT2D eigenvalue weighted by Gasteiger charge is 2.22. The van der Waals surface area contributed by atoms with Crippen molar-refractivity contribution in [2.24, 2.45) is 0 Å². The van der Waals surface area contributed by atoms with Gasteiger partial charge >= 0.3 is 0 Å². The Morgan fingerprint density at radius 3 is 2.37 bits per heavy atom. The van der Waals surface area contributed by atoms with E-state index in [0.29, 0.717) is 12.3 Å². The number of furan rings is 1. The smallest absolute Gasteiger partial charge is 0.232 e. The molecular formula is C30H35N5O3. The number of benzene rings is 2. The summed E-state index contributed by atoms with van der Waals surface area (Å²) >= 11 is 0. The van der Waals surface area contributed by atoms with Crippen LogP contribution in [0.15, 0.2) is 65.3 Å². The molecule has 0 spiro atoms. The fourth-order valence-electron chi connectivity index (χ4n) is 5.31. The Balaban J connectivity index is 1.26. The second-order valence-electron chi connectivity index (χ2n) is 9.88. The van der Waals surface area contributed by atoms with E-state index < -0.39 is 0 Å². The fourth-order valence-corrected chi connectivity index (χ4v) is 5.31. The first-order valence-corrected chi connectivity index (χ1v) is 13.7. The molecule has 6 rings (SSSR count). The lowest BCUT2D eigenvalue weighted by Gasteiger charge is -2.26. The van der Waals surface area contributed by atoms with Gasteiger partial charge in [-0.3, -0.25) is 9.80 Å². The number of aromatic nitrogens is 2. The van der Waals surface area contributed by atoms with Crippen LogP contribution in [0, 0.1) is 0 Å². The minimum atomic E-state index is 0.577. The van der Waals surface area contributed by atoms with E-state index in [0.717, 1.165) is 85.3 Å².